The van der Waals surface area contributed by atoms with Crippen molar-refractivity contribution in [1.82, 2.24) is 10.4 Å². The van der Waals surface area contributed by atoms with Gasteiger partial charge in [-0.15, -0.1) is 0 Å². The fourth-order valence-electron chi connectivity index (χ4n) is 1.08. The minimum absolute atomic E-state index is 0.313. The molecule has 0 radical (unpaired) electrons. The van der Waals surface area contributed by atoms with Gasteiger partial charge in [0, 0.05) is 12.7 Å². The number of nitrogens with one attached hydrogen (secondary N) is 2. The quantitative estimate of drug-likeness (QED) is 0.519. The first-order chi connectivity index (χ1) is 8.10. The standard InChI is InChI=1S/C11H23N2O3P/c1-4-5-6-10(2)9-16-11(14)13-7-8-17(15)12-3/h6,17H,4-5,7-9H2,1-3H3,(H,12,15)(H,13,14)/b10-6+. The van der Waals surface area contributed by atoms with Crippen molar-refractivity contribution in [3.05, 3.63) is 11.6 Å². The first kappa shape index (κ1) is 16.2. The van der Waals surface area contributed by atoms with E-state index in [9.17, 15) is 9.36 Å². The Labute approximate surface area is 104 Å². The Morgan fingerprint density at radius 2 is 2.18 bits per heavy atom. The molecule has 1 unspecified atom stereocenters. The third-order valence-electron chi connectivity index (χ3n) is 2.11. The van der Waals surface area contributed by atoms with Crippen LogP contribution in [0.25, 0.3) is 0 Å². The lowest BCUT2D eigenvalue weighted by Crippen LogP contribution is -2.27. The molecule has 0 fully saturated rings. The van der Waals surface area contributed by atoms with Gasteiger partial charge in [0.1, 0.15) is 14.6 Å². The third-order valence-corrected chi connectivity index (χ3v) is 3.37. The molecule has 0 heterocycles. The van der Waals surface area contributed by atoms with E-state index in [1.165, 1.54) is 0 Å². The van der Waals surface area contributed by atoms with E-state index >= 15 is 0 Å². The van der Waals surface area contributed by atoms with E-state index in [-0.39, 0.29) is 0 Å². The van der Waals surface area contributed by atoms with Crippen LogP contribution in [0, 0.1) is 0 Å². The number of hydrogen-bond acceptors (Lipinski definition) is 3. The SMILES string of the molecule is CCC/C=C(\C)COC(=O)NCC[PH](=O)NC. The number of hydrogen-bond donors (Lipinski definition) is 2. The maximum absolute atomic E-state index is 11.2. The first-order valence-electron chi connectivity index (χ1n) is 5.87. The fourth-order valence-corrected chi connectivity index (χ4v) is 1.69. The van der Waals surface area contributed by atoms with Gasteiger partial charge < -0.3 is 14.6 Å². The second-order valence-corrected chi connectivity index (χ2v) is 5.61. The van der Waals surface area contributed by atoms with E-state index < -0.39 is 14.0 Å². The fraction of sp³-hybridized carbons (Fsp3) is 0.727. The van der Waals surface area contributed by atoms with Crippen molar-refractivity contribution in [1.29, 1.82) is 0 Å². The minimum atomic E-state index is -1.75. The molecule has 0 aromatic rings. The number of amides is 1. The summed E-state index contributed by atoms with van der Waals surface area (Å²) in [4.78, 5) is 11.2. The molecule has 2 N–H and O–H groups in total. The number of alkyl carbamates (subject to hydrolysis) is 1. The van der Waals surface area contributed by atoms with Crippen molar-refractivity contribution < 1.29 is 14.1 Å². The van der Waals surface area contributed by atoms with Crippen molar-refractivity contribution in [2.45, 2.75) is 26.7 Å². The molecule has 0 spiro atoms. The van der Waals surface area contributed by atoms with Crippen LogP contribution in [-0.4, -0.2) is 32.5 Å². The molecule has 0 aromatic carbocycles. The van der Waals surface area contributed by atoms with Gasteiger partial charge in [-0.3, -0.25) is 5.09 Å². The van der Waals surface area contributed by atoms with Crippen LogP contribution in [0.1, 0.15) is 26.7 Å². The highest BCUT2D eigenvalue weighted by molar-refractivity contribution is 7.42. The largest absolute Gasteiger partial charge is 0.445 e. The Kier molecular flexibility index (Phi) is 9.87. The summed E-state index contributed by atoms with van der Waals surface area (Å²) in [5.74, 6) is 0. The lowest BCUT2D eigenvalue weighted by molar-refractivity contribution is 0.156. The summed E-state index contributed by atoms with van der Waals surface area (Å²) in [5.41, 5.74) is 1.05. The molecule has 0 aliphatic carbocycles. The normalized spacial score (nSPS) is 13.2. The molecular weight excluding hydrogens is 239 g/mol. The number of allylic oxidation sites excluding steroid dienone is 1. The molecule has 0 saturated heterocycles. The zero-order chi connectivity index (χ0) is 13.1. The molecule has 5 nitrogen and oxygen atoms in total. The minimum Gasteiger partial charge on any atom is -0.445 e. The highest BCUT2D eigenvalue weighted by Gasteiger charge is 2.02. The summed E-state index contributed by atoms with van der Waals surface area (Å²) in [7, 11) is -0.108. The number of carbonyl (C=O) groups excluding carboxylic acids is 1. The van der Waals surface area contributed by atoms with E-state index in [0.717, 1.165) is 18.4 Å². The molecular formula is C11H23N2O3P. The van der Waals surface area contributed by atoms with E-state index in [4.69, 9.17) is 4.74 Å². The number of rotatable bonds is 8. The van der Waals surface area contributed by atoms with Crippen LogP contribution >= 0.6 is 7.95 Å². The van der Waals surface area contributed by atoms with Crippen molar-refractivity contribution >= 4 is 14.0 Å². The summed E-state index contributed by atoms with van der Waals surface area (Å²) in [6.45, 7) is 4.71. The van der Waals surface area contributed by atoms with E-state index in [1.54, 1.807) is 7.05 Å². The number of ether oxygens (including phenoxy) is 1. The Bertz CT molecular complexity index is 280. The van der Waals surface area contributed by atoms with Gasteiger partial charge in [0.25, 0.3) is 0 Å². The molecule has 100 valence electrons. The highest BCUT2D eigenvalue weighted by atomic mass is 31.1. The van der Waals surface area contributed by atoms with Crippen LogP contribution in [0.5, 0.6) is 0 Å². The van der Waals surface area contributed by atoms with E-state index in [1.807, 2.05) is 6.92 Å². The molecule has 0 aromatic heterocycles. The molecule has 1 atom stereocenters. The Morgan fingerprint density at radius 1 is 1.47 bits per heavy atom. The van der Waals surface area contributed by atoms with Gasteiger partial charge in [-0.1, -0.05) is 19.4 Å². The molecule has 17 heavy (non-hydrogen) atoms. The molecule has 0 saturated carbocycles. The van der Waals surface area contributed by atoms with Crippen LogP contribution in [0.15, 0.2) is 11.6 Å². The zero-order valence-corrected chi connectivity index (χ0v) is 11.8. The van der Waals surface area contributed by atoms with Gasteiger partial charge in [-0.2, -0.15) is 0 Å². The monoisotopic (exact) mass is 262 g/mol. The summed E-state index contributed by atoms with van der Waals surface area (Å²) in [6.07, 6.45) is 4.14. The Hall–Kier alpha value is -0.800. The summed E-state index contributed by atoms with van der Waals surface area (Å²) >= 11 is 0. The van der Waals surface area contributed by atoms with Gasteiger partial charge >= 0.3 is 6.09 Å². The lowest BCUT2D eigenvalue weighted by Gasteiger charge is -2.07. The first-order valence-corrected chi connectivity index (χ1v) is 7.48. The predicted octanol–water partition coefficient (Wildman–Crippen LogP) is 2.15. The van der Waals surface area contributed by atoms with Crippen LogP contribution in [0.4, 0.5) is 4.79 Å². The number of carbonyl (C=O) groups is 1. The van der Waals surface area contributed by atoms with Crippen LogP contribution in [-0.2, 0) is 9.30 Å². The Morgan fingerprint density at radius 3 is 2.76 bits per heavy atom. The van der Waals surface area contributed by atoms with Crippen LogP contribution in [0.3, 0.4) is 0 Å². The van der Waals surface area contributed by atoms with Gasteiger partial charge in [-0.05, 0) is 26.0 Å². The van der Waals surface area contributed by atoms with Crippen LogP contribution < -0.4 is 10.4 Å². The maximum atomic E-state index is 11.2. The zero-order valence-electron chi connectivity index (χ0n) is 10.8. The summed E-state index contributed by atoms with van der Waals surface area (Å²) in [5, 5.41) is 5.21. The van der Waals surface area contributed by atoms with Gasteiger partial charge in [0.05, 0.1) is 0 Å². The second-order valence-electron chi connectivity index (χ2n) is 3.77. The van der Waals surface area contributed by atoms with Gasteiger partial charge in [0.15, 0.2) is 0 Å². The van der Waals surface area contributed by atoms with Gasteiger partial charge in [-0.25, -0.2) is 4.79 Å². The molecule has 0 bridgehead atoms. The average Bonchev–Trinajstić information content (AvgIpc) is 2.33. The van der Waals surface area contributed by atoms with E-state index in [0.29, 0.717) is 19.3 Å². The topological polar surface area (TPSA) is 67.4 Å². The third kappa shape index (κ3) is 10.1. The molecule has 1 amide bonds. The van der Waals surface area contributed by atoms with Crippen molar-refractivity contribution in [2.75, 3.05) is 26.4 Å². The molecule has 0 rings (SSSR count). The second kappa shape index (κ2) is 10.4. The average molecular weight is 262 g/mol. The van der Waals surface area contributed by atoms with Gasteiger partial charge in [0.2, 0.25) is 0 Å². The van der Waals surface area contributed by atoms with Crippen molar-refractivity contribution in [3.8, 4) is 0 Å². The Balaban J connectivity index is 3.62. The molecule has 6 heteroatoms. The summed E-state index contributed by atoms with van der Waals surface area (Å²) < 4.78 is 16.0. The van der Waals surface area contributed by atoms with Crippen molar-refractivity contribution in [3.63, 3.8) is 0 Å². The van der Waals surface area contributed by atoms with Crippen molar-refractivity contribution in [2.24, 2.45) is 0 Å². The number of unbranched alkanes of at least 4 members (excludes halogenated alkanes) is 1. The lowest BCUT2D eigenvalue weighted by atomic mass is 10.2. The molecule has 0 aliphatic heterocycles. The van der Waals surface area contributed by atoms with Crippen LogP contribution in [0.2, 0.25) is 0 Å². The van der Waals surface area contributed by atoms with E-state index in [2.05, 4.69) is 23.4 Å². The smallest absolute Gasteiger partial charge is 0.407 e. The molecule has 0 aliphatic rings. The predicted molar refractivity (Wildman–Crippen MR) is 70.9 cm³/mol. The maximum Gasteiger partial charge on any atom is 0.407 e. The summed E-state index contributed by atoms with van der Waals surface area (Å²) in [6, 6.07) is 0. The highest BCUT2D eigenvalue weighted by Crippen LogP contribution is 2.09.